The Kier molecular flexibility index (Phi) is 4.11. The Labute approximate surface area is 147 Å². The Morgan fingerprint density at radius 1 is 1.24 bits per heavy atom. The number of rotatable bonds is 2. The molecule has 1 aromatic carbocycles. The van der Waals surface area contributed by atoms with Gasteiger partial charge >= 0.3 is 0 Å². The molecule has 25 heavy (non-hydrogen) atoms. The zero-order valence-electron chi connectivity index (χ0n) is 14.6. The molecule has 0 N–H and O–H groups in total. The van der Waals surface area contributed by atoms with Crippen molar-refractivity contribution in [1.82, 2.24) is 14.7 Å². The van der Waals surface area contributed by atoms with Gasteiger partial charge in [0.05, 0.1) is 12.2 Å². The number of piperidine rings is 1. The van der Waals surface area contributed by atoms with Crippen LogP contribution in [0.4, 0.5) is 0 Å². The minimum atomic E-state index is -0.604. The molecule has 1 amide bonds. The standard InChI is InChI=1S/C19H23N3O3/c1-13-10-20-22(11-13)15-6-5-9-21(12-15)19(23)18-14(2)24-16-7-3-4-8-17(16)25-18/h3-4,7-8,10-11,14-15,18H,5-6,9,12H2,1-2H3/t14-,15-,18-/m1/s1. The van der Waals surface area contributed by atoms with Crippen LogP contribution in [0.25, 0.3) is 0 Å². The van der Waals surface area contributed by atoms with Crippen LogP contribution < -0.4 is 9.47 Å². The molecule has 1 fully saturated rings. The molecule has 1 aromatic heterocycles. The summed E-state index contributed by atoms with van der Waals surface area (Å²) in [5.41, 5.74) is 1.14. The Morgan fingerprint density at radius 2 is 2.00 bits per heavy atom. The number of para-hydroxylation sites is 2. The predicted molar refractivity (Wildman–Crippen MR) is 92.8 cm³/mol. The van der Waals surface area contributed by atoms with E-state index in [0.717, 1.165) is 24.9 Å². The van der Waals surface area contributed by atoms with Crippen molar-refractivity contribution in [3.63, 3.8) is 0 Å². The maximum atomic E-state index is 13.0. The molecule has 3 atom stereocenters. The number of hydrogen-bond acceptors (Lipinski definition) is 4. The summed E-state index contributed by atoms with van der Waals surface area (Å²) in [5.74, 6) is 1.33. The summed E-state index contributed by atoms with van der Waals surface area (Å²) >= 11 is 0. The number of fused-ring (bicyclic) bond motifs is 1. The van der Waals surface area contributed by atoms with E-state index >= 15 is 0 Å². The average molecular weight is 341 g/mol. The smallest absolute Gasteiger partial charge is 0.267 e. The molecule has 0 saturated carbocycles. The molecule has 2 aliphatic heterocycles. The van der Waals surface area contributed by atoms with E-state index < -0.39 is 6.10 Å². The summed E-state index contributed by atoms with van der Waals surface area (Å²) in [6, 6.07) is 7.71. The van der Waals surface area contributed by atoms with Crippen molar-refractivity contribution < 1.29 is 14.3 Å². The van der Waals surface area contributed by atoms with Crippen LogP contribution in [-0.2, 0) is 4.79 Å². The highest BCUT2D eigenvalue weighted by atomic mass is 16.6. The molecule has 0 spiro atoms. The quantitative estimate of drug-likeness (QED) is 0.842. The minimum Gasteiger partial charge on any atom is -0.482 e. The predicted octanol–water partition coefficient (Wildman–Crippen LogP) is 2.58. The number of likely N-dealkylation sites (tertiary alicyclic amines) is 1. The first-order chi connectivity index (χ1) is 12.1. The molecular weight excluding hydrogens is 318 g/mol. The van der Waals surface area contributed by atoms with Crippen molar-refractivity contribution >= 4 is 5.91 Å². The van der Waals surface area contributed by atoms with E-state index in [9.17, 15) is 4.79 Å². The van der Waals surface area contributed by atoms with Gasteiger partial charge in [-0.2, -0.15) is 5.10 Å². The van der Waals surface area contributed by atoms with Crippen LogP contribution in [-0.4, -0.2) is 45.9 Å². The number of ether oxygens (including phenoxy) is 2. The van der Waals surface area contributed by atoms with E-state index in [4.69, 9.17) is 9.47 Å². The van der Waals surface area contributed by atoms with Crippen molar-refractivity contribution in [2.45, 2.75) is 44.9 Å². The molecule has 0 bridgehead atoms. The normalized spacial score (nSPS) is 25.7. The van der Waals surface area contributed by atoms with Gasteiger partial charge < -0.3 is 14.4 Å². The molecule has 132 valence electrons. The number of benzene rings is 1. The van der Waals surface area contributed by atoms with E-state index in [1.54, 1.807) is 0 Å². The first kappa shape index (κ1) is 16.0. The molecule has 2 aliphatic rings. The Balaban J connectivity index is 1.49. The number of aryl methyl sites for hydroxylation is 1. The number of aromatic nitrogens is 2. The summed E-state index contributed by atoms with van der Waals surface area (Å²) in [5, 5.41) is 4.41. The fraction of sp³-hybridized carbons (Fsp3) is 0.474. The summed E-state index contributed by atoms with van der Waals surface area (Å²) in [6.45, 7) is 5.33. The van der Waals surface area contributed by atoms with Crippen molar-refractivity contribution in [2.24, 2.45) is 0 Å². The lowest BCUT2D eigenvalue weighted by atomic mass is 10.0. The lowest BCUT2D eigenvalue weighted by Crippen LogP contribution is -2.53. The second-order valence-corrected chi connectivity index (χ2v) is 6.89. The van der Waals surface area contributed by atoms with Gasteiger partial charge in [-0.05, 0) is 44.4 Å². The van der Waals surface area contributed by atoms with Crippen molar-refractivity contribution in [3.05, 3.63) is 42.2 Å². The van der Waals surface area contributed by atoms with Gasteiger partial charge in [-0.15, -0.1) is 0 Å². The van der Waals surface area contributed by atoms with Crippen LogP contribution in [0.5, 0.6) is 11.5 Å². The summed E-state index contributed by atoms with van der Waals surface area (Å²) in [4.78, 5) is 14.9. The third kappa shape index (κ3) is 3.08. The molecule has 3 heterocycles. The van der Waals surface area contributed by atoms with Crippen molar-refractivity contribution in [1.29, 1.82) is 0 Å². The number of hydrogen-bond donors (Lipinski definition) is 0. The second kappa shape index (κ2) is 6.43. The molecule has 0 aliphatic carbocycles. The highest BCUT2D eigenvalue weighted by Crippen LogP contribution is 2.34. The number of carbonyl (C=O) groups excluding carboxylic acids is 1. The van der Waals surface area contributed by atoms with Crippen LogP contribution in [0.2, 0.25) is 0 Å². The van der Waals surface area contributed by atoms with Gasteiger partial charge in [0.2, 0.25) is 6.10 Å². The highest BCUT2D eigenvalue weighted by Gasteiger charge is 2.38. The average Bonchev–Trinajstić information content (AvgIpc) is 3.07. The lowest BCUT2D eigenvalue weighted by Gasteiger charge is -2.38. The van der Waals surface area contributed by atoms with Crippen LogP contribution in [0.15, 0.2) is 36.7 Å². The molecule has 6 heteroatoms. The van der Waals surface area contributed by atoms with Crippen molar-refractivity contribution in [2.75, 3.05) is 13.1 Å². The maximum Gasteiger partial charge on any atom is 0.267 e. The SMILES string of the molecule is Cc1cnn([C@@H]2CCCN(C(=O)[C@@H]3Oc4ccccc4O[C@@H]3C)C2)c1. The van der Waals surface area contributed by atoms with Gasteiger partial charge in [-0.25, -0.2) is 0 Å². The van der Waals surface area contributed by atoms with Crippen LogP contribution in [0.3, 0.4) is 0 Å². The number of nitrogens with zero attached hydrogens (tertiary/aromatic N) is 3. The first-order valence-corrected chi connectivity index (χ1v) is 8.83. The van der Waals surface area contributed by atoms with Gasteiger partial charge in [0.15, 0.2) is 11.5 Å². The Hall–Kier alpha value is -2.50. The van der Waals surface area contributed by atoms with E-state index in [1.165, 1.54) is 0 Å². The zero-order valence-corrected chi connectivity index (χ0v) is 14.6. The molecular formula is C19H23N3O3. The maximum absolute atomic E-state index is 13.0. The molecule has 4 rings (SSSR count). The Bertz CT molecular complexity index is 773. The van der Waals surface area contributed by atoms with Gasteiger partial charge in [0.1, 0.15) is 6.10 Å². The third-order valence-corrected chi connectivity index (χ3v) is 4.90. The molecule has 6 nitrogen and oxygen atoms in total. The topological polar surface area (TPSA) is 56.6 Å². The van der Waals surface area contributed by atoms with Gasteiger partial charge in [-0.3, -0.25) is 9.48 Å². The number of carbonyl (C=O) groups is 1. The lowest BCUT2D eigenvalue weighted by molar-refractivity contribution is -0.146. The minimum absolute atomic E-state index is 0.00409. The molecule has 0 radical (unpaired) electrons. The second-order valence-electron chi connectivity index (χ2n) is 6.89. The Morgan fingerprint density at radius 3 is 2.72 bits per heavy atom. The first-order valence-electron chi connectivity index (χ1n) is 8.83. The molecule has 0 unspecified atom stereocenters. The fourth-order valence-corrected chi connectivity index (χ4v) is 3.57. The van der Waals surface area contributed by atoms with Crippen LogP contribution in [0.1, 0.15) is 31.4 Å². The van der Waals surface area contributed by atoms with Crippen LogP contribution >= 0.6 is 0 Å². The van der Waals surface area contributed by atoms with Gasteiger partial charge in [-0.1, -0.05) is 12.1 Å². The number of amides is 1. The largest absolute Gasteiger partial charge is 0.482 e. The van der Waals surface area contributed by atoms with Crippen molar-refractivity contribution in [3.8, 4) is 11.5 Å². The highest BCUT2D eigenvalue weighted by molar-refractivity contribution is 5.82. The summed E-state index contributed by atoms with van der Waals surface area (Å²) < 4.78 is 13.8. The fourth-order valence-electron chi connectivity index (χ4n) is 3.57. The van der Waals surface area contributed by atoms with Crippen LogP contribution in [0, 0.1) is 6.92 Å². The van der Waals surface area contributed by atoms with E-state index in [1.807, 2.05) is 60.1 Å². The molecule has 1 saturated heterocycles. The molecule has 2 aromatic rings. The van der Waals surface area contributed by atoms with E-state index in [2.05, 4.69) is 5.10 Å². The van der Waals surface area contributed by atoms with Gasteiger partial charge in [0, 0.05) is 19.3 Å². The van der Waals surface area contributed by atoms with E-state index in [-0.39, 0.29) is 18.1 Å². The van der Waals surface area contributed by atoms with E-state index in [0.29, 0.717) is 18.0 Å². The summed E-state index contributed by atoms with van der Waals surface area (Å²) in [6.07, 6.45) is 4.98. The third-order valence-electron chi connectivity index (χ3n) is 4.90. The van der Waals surface area contributed by atoms with Gasteiger partial charge in [0.25, 0.3) is 5.91 Å². The monoisotopic (exact) mass is 341 g/mol. The summed E-state index contributed by atoms with van der Waals surface area (Å²) in [7, 11) is 0. The zero-order chi connectivity index (χ0) is 17.4.